The first-order chi connectivity index (χ1) is 12.1. The van der Waals surface area contributed by atoms with Crippen LogP contribution in [0.25, 0.3) is 11.5 Å². The molecule has 3 rings (SSSR count). The van der Waals surface area contributed by atoms with Gasteiger partial charge in [-0.2, -0.15) is 0 Å². The Morgan fingerprint density at radius 3 is 2.56 bits per heavy atom. The first-order valence-electron chi connectivity index (χ1n) is 8.30. The summed E-state index contributed by atoms with van der Waals surface area (Å²) < 4.78 is 11.1. The third kappa shape index (κ3) is 4.06. The summed E-state index contributed by atoms with van der Waals surface area (Å²) in [6.07, 6.45) is 0. The summed E-state index contributed by atoms with van der Waals surface area (Å²) in [4.78, 5) is 2.18. The van der Waals surface area contributed by atoms with E-state index >= 15 is 0 Å². The fourth-order valence-corrected chi connectivity index (χ4v) is 2.64. The van der Waals surface area contributed by atoms with Gasteiger partial charge < -0.3 is 9.15 Å². The molecule has 0 bridgehead atoms. The highest BCUT2D eigenvalue weighted by Gasteiger charge is 2.19. The lowest BCUT2D eigenvalue weighted by molar-refractivity contribution is 0.218. The van der Waals surface area contributed by atoms with Gasteiger partial charge in [0.15, 0.2) is 0 Å². The second-order valence-corrected chi connectivity index (χ2v) is 6.25. The van der Waals surface area contributed by atoms with Crippen molar-refractivity contribution in [2.45, 2.75) is 26.4 Å². The molecule has 3 aromatic rings. The van der Waals surface area contributed by atoms with Crippen molar-refractivity contribution >= 4 is 0 Å². The maximum Gasteiger partial charge on any atom is 0.247 e. The SMILES string of the molecule is COc1ccc(CN(C)[C@@H](C)c2nnc(-c3cccc(C)c3)o2)cc1. The molecular formula is C20H23N3O2. The minimum Gasteiger partial charge on any atom is -0.497 e. The topological polar surface area (TPSA) is 51.4 Å². The van der Waals surface area contributed by atoms with E-state index in [-0.39, 0.29) is 6.04 Å². The largest absolute Gasteiger partial charge is 0.497 e. The summed E-state index contributed by atoms with van der Waals surface area (Å²) in [6.45, 7) is 4.90. The average molecular weight is 337 g/mol. The van der Waals surface area contributed by atoms with Gasteiger partial charge in [0.25, 0.3) is 0 Å². The van der Waals surface area contributed by atoms with Crippen molar-refractivity contribution in [1.29, 1.82) is 0 Å². The average Bonchev–Trinajstić information content (AvgIpc) is 3.12. The molecular weight excluding hydrogens is 314 g/mol. The number of ether oxygens (including phenoxy) is 1. The maximum atomic E-state index is 5.90. The molecule has 0 unspecified atom stereocenters. The van der Waals surface area contributed by atoms with Gasteiger partial charge in [0.2, 0.25) is 11.8 Å². The van der Waals surface area contributed by atoms with Crippen LogP contribution in [0, 0.1) is 6.92 Å². The molecule has 2 aromatic carbocycles. The lowest BCUT2D eigenvalue weighted by Gasteiger charge is -2.21. The summed E-state index contributed by atoms with van der Waals surface area (Å²) in [6, 6.07) is 16.2. The zero-order chi connectivity index (χ0) is 17.8. The van der Waals surface area contributed by atoms with Gasteiger partial charge in [0.1, 0.15) is 5.75 Å². The molecule has 0 aliphatic carbocycles. The van der Waals surface area contributed by atoms with E-state index in [9.17, 15) is 0 Å². The molecule has 1 aromatic heterocycles. The van der Waals surface area contributed by atoms with Crippen LogP contribution >= 0.6 is 0 Å². The molecule has 25 heavy (non-hydrogen) atoms. The maximum absolute atomic E-state index is 5.90. The summed E-state index contributed by atoms with van der Waals surface area (Å²) in [5.74, 6) is 2.04. The highest BCUT2D eigenvalue weighted by molar-refractivity contribution is 5.53. The zero-order valence-electron chi connectivity index (χ0n) is 15.1. The Labute approximate surface area is 148 Å². The number of nitrogens with zero attached hydrogens (tertiary/aromatic N) is 3. The van der Waals surface area contributed by atoms with Crippen LogP contribution in [0.2, 0.25) is 0 Å². The summed E-state index contributed by atoms with van der Waals surface area (Å²) in [5, 5.41) is 8.43. The van der Waals surface area contributed by atoms with E-state index in [1.807, 2.05) is 50.4 Å². The van der Waals surface area contributed by atoms with Gasteiger partial charge in [-0.1, -0.05) is 29.8 Å². The Hall–Kier alpha value is -2.66. The highest BCUT2D eigenvalue weighted by Crippen LogP contribution is 2.25. The van der Waals surface area contributed by atoms with Gasteiger partial charge in [-0.05, 0) is 50.7 Å². The monoisotopic (exact) mass is 337 g/mol. The lowest BCUT2D eigenvalue weighted by Crippen LogP contribution is -2.22. The van der Waals surface area contributed by atoms with Crippen LogP contribution in [0.3, 0.4) is 0 Å². The first kappa shape index (κ1) is 17.2. The summed E-state index contributed by atoms with van der Waals surface area (Å²) in [5.41, 5.74) is 3.32. The van der Waals surface area contributed by atoms with Crippen LogP contribution in [0.4, 0.5) is 0 Å². The second-order valence-electron chi connectivity index (χ2n) is 6.25. The van der Waals surface area contributed by atoms with Gasteiger partial charge in [-0.3, -0.25) is 4.90 Å². The normalized spacial score (nSPS) is 12.4. The van der Waals surface area contributed by atoms with Gasteiger partial charge in [-0.15, -0.1) is 10.2 Å². The summed E-state index contributed by atoms with van der Waals surface area (Å²) >= 11 is 0. The third-order valence-electron chi connectivity index (χ3n) is 4.32. The molecule has 1 heterocycles. The van der Waals surface area contributed by atoms with E-state index < -0.39 is 0 Å². The van der Waals surface area contributed by atoms with Crippen molar-refractivity contribution in [3.05, 3.63) is 65.5 Å². The minimum atomic E-state index is 0.0214. The number of aromatic nitrogens is 2. The van der Waals surface area contributed by atoms with Crippen LogP contribution in [-0.4, -0.2) is 29.3 Å². The van der Waals surface area contributed by atoms with Crippen molar-refractivity contribution < 1.29 is 9.15 Å². The summed E-state index contributed by atoms with van der Waals surface area (Å²) in [7, 11) is 3.72. The molecule has 0 fully saturated rings. The van der Waals surface area contributed by atoms with Crippen LogP contribution < -0.4 is 4.74 Å². The van der Waals surface area contributed by atoms with Crippen molar-refractivity contribution in [2.75, 3.05) is 14.2 Å². The molecule has 0 aliphatic rings. The van der Waals surface area contributed by atoms with Crippen LogP contribution in [-0.2, 0) is 6.54 Å². The van der Waals surface area contributed by atoms with E-state index in [0.29, 0.717) is 11.8 Å². The Morgan fingerprint density at radius 1 is 1.12 bits per heavy atom. The number of hydrogen-bond acceptors (Lipinski definition) is 5. The smallest absolute Gasteiger partial charge is 0.247 e. The molecule has 130 valence electrons. The molecule has 0 saturated carbocycles. The van der Waals surface area contributed by atoms with Crippen LogP contribution in [0.1, 0.15) is 30.0 Å². The van der Waals surface area contributed by atoms with Crippen molar-refractivity contribution in [2.24, 2.45) is 0 Å². The molecule has 1 atom stereocenters. The number of aryl methyl sites for hydroxylation is 1. The molecule has 5 nitrogen and oxygen atoms in total. The van der Waals surface area contributed by atoms with Crippen molar-refractivity contribution in [3.8, 4) is 17.2 Å². The Balaban J connectivity index is 1.70. The van der Waals surface area contributed by atoms with E-state index in [2.05, 4.69) is 34.2 Å². The van der Waals surface area contributed by atoms with Gasteiger partial charge >= 0.3 is 0 Å². The van der Waals surface area contributed by atoms with E-state index in [1.165, 1.54) is 11.1 Å². The number of rotatable bonds is 6. The number of hydrogen-bond donors (Lipinski definition) is 0. The zero-order valence-corrected chi connectivity index (χ0v) is 15.1. The van der Waals surface area contributed by atoms with Gasteiger partial charge in [-0.25, -0.2) is 0 Å². The molecule has 0 saturated heterocycles. The van der Waals surface area contributed by atoms with Crippen molar-refractivity contribution in [1.82, 2.24) is 15.1 Å². The Kier molecular flexibility index (Phi) is 5.14. The van der Waals surface area contributed by atoms with Crippen molar-refractivity contribution in [3.63, 3.8) is 0 Å². The standard InChI is InChI=1S/C20H23N3O2/c1-14-6-5-7-17(12-14)20-22-21-19(25-20)15(2)23(3)13-16-8-10-18(24-4)11-9-16/h5-12,15H,13H2,1-4H3/t15-/m0/s1. The Morgan fingerprint density at radius 2 is 1.88 bits per heavy atom. The Bertz CT molecular complexity index is 827. The fourth-order valence-electron chi connectivity index (χ4n) is 2.64. The highest BCUT2D eigenvalue weighted by atomic mass is 16.5. The second kappa shape index (κ2) is 7.49. The van der Waals surface area contributed by atoms with Crippen LogP contribution in [0.5, 0.6) is 5.75 Å². The number of methoxy groups -OCH3 is 1. The van der Waals surface area contributed by atoms with E-state index in [4.69, 9.17) is 9.15 Å². The molecule has 0 radical (unpaired) electrons. The van der Waals surface area contributed by atoms with E-state index in [0.717, 1.165) is 17.9 Å². The quantitative estimate of drug-likeness (QED) is 0.673. The lowest BCUT2D eigenvalue weighted by atomic mass is 10.1. The fraction of sp³-hybridized carbons (Fsp3) is 0.300. The first-order valence-corrected chi connectivity index (χ1v) is 8.30. The molecule has 0 spiro atoms. The van der Waals surface area contributed by atoms with Crippen LogP contribution in [0.15, 0.2) is 52.9 Å². The minimum absolute atomic E-state index is 0.0214. The molecule has 0 aliphatic heterocycles. The predicted octanol–water partition coefficient (Wildman–Crippen LogP) is 4.25. The number of benzene rings is 2. The van der Waals surface area contributed by atoms with Gasteiger partial charge in [0, 0.05) is 12.1 Å². The molecule has 0 amide bonds. The molecule has 5 heteroatoms. The third-order valence-corrected chi connectivity index (χ3v) is 4.32. The predicted molar refractivity (Wildman–Crippen MR) is 97.3 cm³/mol. The molecule has 0 N–H and O–H groups in total. The van der Waals surface area contributed by atoms with E-state index in [1.54, 1.807) is 7.11 Å². The van der Waals surface area contributed by atoms with Gasteiger partial charge in [0.05, 0.1) is 13.2 Å².